The summed E-state index contributed by atoms with van der Waals surface area (Å²) >= 11 is 0. The van der Waals surface area contributed by atoms with Crippen molar-refractivity contribution in [2.75, 3.05) is 25.7 Å². The lowest BCUT2D eigenvalue weighted by atomic mass is 9.87. The van der Waals surface area contributed by atoms with Gasteiger partial charge in [0.2, 0.25) is 0 Å². The fourth-order valence-corrected chi connectivity index (χ4v) is 3.54. The molecular formula is C24H29N3O3. The van der Waals surface area contributed by atoms with Crippen LogP contribution in [0.15, 0.2) is 47.6 Å². The summed E-state index contributed by atoms with van der Waals surface area (Å²) in [5.41, 5.74) is 8.14. The summed E-state index contributed by atoms with van der Waals surface area (Å²) in [7, 11) is 3.67. The van der Waals surface area contributed by atoms with E-state index in [4.69, 9.17) is 9.47 Å². The maximum Gasteiger partial charge on any atom is 0.277 e. The number of benzene rings is 2. The number of aryl methyl sites for hydroxylation is 1. The number of methoxy groups -OCH3 is 1. The lowest BCUT2D eigenvalue weighted by Gasteiger charge is -2.41. The van der Waals surface area contributed by atoms with Crippen molar-refractivity contribution in [3.05, 3.63) is 59.2 Å². The third-order valence-electron chi connectivity index (χ3n) is 5.43. The largest absolute Gasteiger partial charge is 0.493 e. The van der Waals surface area contributed by atoms with Crippen molar-refractivity contribution < 1.29 is 14.3 Å². The first-order valence-corrected chi connectivity index (χ1v) is 9.89. The van der Waals surface area contributed by atoms with Crippen molar-refractivity contribution in [3.63, 3.8) is 0 Å². The van der Waals surface area contributed by atoms with Crippen molar-refractivity contribution in [2.45, 2.75) is 33.2 Å². The molecule has 3 rings (SSSR count). The molecule has 0 atom stereocenters. The maximum atomic E-state index is 12.1. The molecule has 158 valence electrons. The summed E-state index contributed by atoms with van der Waals surface area (Å²) < 4.78 is 10.7. The quantitative estimate of drug-likeness (QED) is 0.577. The lowest BCUT2D eigenvalue weighted by molar-refractivity contribution is -0.123. The molecule has 1 N–H and O–H groups in total. The molecule has 0 bridgehead atoms. The smallest absolute Gasteiger partial charge is 0.277 e. The number of fused-ring (bicyclic) bond motifs is 1. The maximum absolute atomic E-state index is 12.1. The summed E-state index contributed by atoms with van der Waals surface area (Å²) in [4.78, 5) is 14.4. The average molecular weight is 408 g/mol. The van der Waals surface area contributed by atoms with Gasteiger partial charge < -0.3 is 14.4 Å². The van der Waals surface area contributed by atoms with Gasteiger partial charge in [-0.2, -0.15) is 5.10 Å². The molecule has 0 radical (unpaired) electrons. The number of hydrogen-bond acceptors (Lipinski definition) is 5. The number of hydrazone groups is 1. The Balaban J connectivity index is 1.67. The molecule has 1 aliphatic rings. The molecule has 0 aliphatic carbocycles. The predicted molar refractivity (Wildman–Crippen MR) is 122 cm³/mol. The molecule has 1 heterocycles. The Morgan fingerprint density at radius 1 is 1.20 bits per heavy atom. The molecule has 0 fully saturated rings. The van der Waals surface area contributed by atoms with Gasteiger partial charge in [0.05, 0.1) is 18.9 Å². The highest BCUT2D eigenvalue weighted by Crippen LogP contribution is 2.38. The van der Waals surface area contributed by atoms with E-state index in [1.165, 1.54) is 16.8 Å². The number of para-hydroxylation sites is 2. The van der Waals surface area contributed by atoms with Crippen molar-refractivity contribution in [1.29, 1.82) is 0 Å². The topological polar surface area (TPSA) is 63.2 Å². The number of rotatable bonds is 6. The third kappa shape index (κ3) is 4.48. The highest BCUT2D eigenvalue weighted by Gasteiger charge is 2.28. The Morgan fingerprint density at radius 2 is 1.90 bits per heavy atom. The van der Waals surface area contributed by atoms with E-state index in [9.17, 15) is 4.79 Å². The minimum Gasteiger partial charge on any atom is -0.493 e. The Morgan fingerprint density at radius 3 is 2.60 bits per heavy atom. The van der Waals surface area contributed by atoms with Gasteiger partial charge in [-0.25, -0.2) is 5.43 Å². The molecule has 1 aliphatic heterocycles. The van der Waals surface area contributed by atoms with Crippen LogP contribution >= 0.6 is 0 Å². The summed E-state index contributed by atoms with van der Waals surface area (Å²) in [6.07, 6.45) is 3.94. The zero-order valence-corrected chi connectivity index (χ0v) is 18.4. The lowest BCUT2D eigenvalue weighted by Crippen LogP contribution is -2.42. The van der Waals surface area contributed by atoms with Gasteiger partial charge in [0.25, 0.3) is 5.91 Å². The first kappa shape index (κ1) is 21.4. The Hall–Kier alpha value is -3.28. The van der Waals surface area contributed by atoms with Crippen molar-refractivity contribution in [2.24, 2.45) is 5.10 Å². The Bertz CT molecular complexity index is 1010. The van der Waals surface area contributed by atoms with Crippen LogP contribution < -0.4 is 19.8 Å². The van der Waals surface area contributed by atoms with E-state index < -0.39 is 0 Å². The summed E-state index contributed by atoms with van der Waals surface area (Å²) in [5.74, 6) is 0.749. The van der Waals surface area contributed by atoms with E-state index in [1.54, 1.807) is 25.5 Å². The van der Waals surface area contributed by atoms with Crippen LogP contribution in [0.3, 0.4) is 0 Å². The van der Waals surface area contributed by atoms with E-state index in [1.807, 2.05) is 19.1 Å². The van der Waals surface area contributed by atoms with Crippen molar-refractivity contribution >= 4 is 23.4 Å². The van der Waals surface area contributed by atoms with Crippen LogP contribution in [0.4, 0.5) is 5.69 Å². The molecule has 30 heavy (non-hydrogen) atoms. The van der Waals surface area contributed by atoms with E-state index in [0.717, 1.165) is 11.1 Å². The fourth-order valence-electron chi connectivity index (χ4n) is 3.54. The number of amides is 1. The Labute approximate surface area is 178 Å². The zero-order valence-electron chi connectivity index (χ0n) is 18.4. The summed E-state index contributed by atoms with van der Waals surface area (Å²) in [6, 6.07) is 11.5. The van der Waals surface area contributed by atoms with Crippen molar-refractivity contribution in [3.8, 4) is 11.5 Å². The number of allylic oxidation sites excluding steroid dienone is 1. The molecule has 2 aromatic rings. The monoisotopic (exact) mass is 407 g/mol. The molecule has 6 nitrogen and oxygen atoms in total. The molecule has 0 aromatic heterocycles. The number of carbonyl (C=O) groups is 1. The zero-order chi connectivity index (χ0) is 21.9. The number of nitrogens with zero attached hydrogens (tertiary/aromatic N) is 2. The second-order valence-corrected chi connectivity index (χ2v) is 8.00. The Kier molecular flexibility index (Phi) is 6.15. The van der Waals surface area contributed by atoms with Crippen LogP contribution in [-0.4, -0.2) is 38.4 Å². The van der Waals surface area contributed by atoms with E-state index in [0.29, 0.717) is 11.5 Å². The highest BCUT2D eigenvalue weighted by atomic mass is 16.5. The number of hydrogen-bond donors (Lipinski definition) is 1. The van der Waals surface area contributed by atoms with Gasteiger partial charge in [0.15, 0.2) is 18.1 Å². The summed E-state index contributed by atoms with van der Waals surface area (Å²) in [6.45, 7) is 8.42. The van der Waals surface area contributed by atoms with Gasteiger partial charge in [-0.1, -0.05) is 18.2 Å². The molecule has 0 saturated carbocycles. The number of anilines is 1. The van der Waals surface area contributed by atoms with E-state index in [2.05, 4.69) is 61.5 Å². The van der Waals surface area contributed by atoms with E-state index in [-0.39, 0.29) is 18.1 Å². The van der Waals surface area contributed by atoms with Crippen LogP contribution in [0.5, 0.6) is 11.5 Å². The van der Waals surface area contributed by atoms with E-state index >= 15 is 0 Å². The predicted octanol–water partition coefficient (Wildman–Crippen LogP) is 4.16. The minimum absolute atomic E-state index is 0.0332. The number of nitrogens with one attached hydrogen (secondary N) is 1. The molecule has 0 spiro atoms. The highest BCUT2D eigenvalue weighted by molar-refractivity contribution is 5.90. The van der Waals surface area contributed by atoms with Crippen LogP contribution in [-0.2, 0) is 4.79 Å². The normalized spacial score (nSPS) is 14.9. The first-order chi connectivity index (χ1) is 14.2. The second kappa shape index (κ2) is 8.61. The third-order valence-corrected chi connectivity index (χ3v) is 5.43. The van der Waals surface area contributed by atoms with Crippen LogP contribution in [0.2, 0.25) is 0 Å². The van der Waals surface area contributed by atoms with Gasteiger partial charge >= 0.3 is 0 Å². The second-order valence-electron chi connectivity index (χ2n) is 8.00. The molecular weight excluding hydrogens is 378 g/mol. The SMILES string of the molecule is COc1ccccc1OCC(=O)N/N=C\c1cc2c(cc1C)N(C)C(C)(C)C=C2C. The fraction of sp³-hybridized carbons (Fsp3) is 0.333. The van der Waals surface area contributed by atoms with Crippen molar-refractivity contribution in [1.82, 2.24) is 5.43 Å². The molecule has 6 heteroatoms. The molecule has 0 unspecified atom stereocenters. The van der Waals surface area contributed by atoms with Gasteiger partial charge in [-0.05, 0) is 68.7 Å². The average Bonchev–Trinajstić information content (AvgIpc) is 2.71. The molecule has 1 amide bonds. The molecule has 0 saturated heterocycles. The summed E-state index contributed by atoms with van der Waals surface area (Å²) in [5, 5.41) is 4.11. The number of ether oxygens (including phenoxy) is 2. The van der Waals surface area contributed by atoms with Gasteiger partial charge in [-0.15, -0.1) is 0 Å². The van der Waals surface area contributed by atoms with Crippen LogP contribution in [0, 0.1) is 6.92 Å². The van der Waals surface area contributed by atoms with Gasteiger partial charge in [0, 0.05) is 18.3 Å². The van der Waals surface area contributed by atoms with Crippen LogP contribution in [0.25, 0.3) is 5.57 Å². The first-order valence-electron chi connectivity index (χ1n) is 9.89. The number of likely N-dealkylation sites (N-methyl/N-ethyl adjacent to an activating group) is 1. The van der Waals surface area contributed by atoms with Gasteiger partial charge in [-0.3, -0.25) is 4.79 Å². The minimum atomic E-state index is -0.342. The van der Waals surface area contributed by atoms with Gasteiger partial charge in [0.1, 0.15) is 0 Å². The number of carbonyl (C=O) groups excluding carboxylic acids is 1. The molecule has 2 aromatic carbocycles. The van der Waals surface area contributed by atoms with Crippen LogP contribution in [0.1, 0.15) is 37.5 Å². The standard InChI is InChI=1S/C24H29N3O3/c1-16-11-20-19(17(2)13-24(3,4)27(20)5)12-18(16)14-25-26-23(28)15-30-22-10-8-7-9-21(22)29-6/h7-14H,15H2,1-6H3,(H,26,28)/b25-14-.